The first-order chi connectivity index (χ1) is 11.7. The van der Waals surface area contributed by atoms with Gasteiger partial charge in [-0.25, -0.2) is 13.1 Å². The van der Waals surface area contributed by atoms with Gasteiger partial charge in [0, 0.05) is 12.6 Å². The SMILES string of the molecule is CC(C)NS(=O)(=O)Cc1ccccc1CNC(=O)c1cc(Cl)sc1Cl. The minimum Gasteiger partial charge on any atom is -0.348 e. The van der Waals surface area contributed by atoms with E-state index >= 15 is 0 Å². The molecular weight excluding hydrogens is 403 g/mol. The second kappa shape index (κ2) is 8.51. The fourth-order valence-corrected chi connectivity index (χ4v) is 5.19. The van der Waals surface area contributed by atoms with Gasteiger partial charge in [-0.1, -0.05) is 47.5 Å². The lowest BCUT2D eigenvalue weighted by atomic mass is 10.1. The number of thiophene rings is 1. The lowest BCUT2D eigenvalue weighted by Crippen LogP contribution is -2.31. The summed E-state index contributed by atoms with van der Waals surface area (Å²) in [7, 11) is -3.45. The number of rotatable bonds is 7. The van der Waals surface area contributed by atoms with Gasteiger partial charge in [-0.15, -0.1) is 11.3 Å². The molecule has 9 heteroatoms. The number of amides is 1. The Morgan fingerprint density at radius 2 is 1.84 bits per heavy atom. The van der Waals surface area contributed by atoms with Crippen molar-refractivity contribution in [1.29, 1.82) is 0 Å². The van der Waals surface area contributed by atoms with Gasteiger partial charge in [0.15, 0.2) is 0 Å². The summed E-state index contributed by atoms with van der Waals surface area (Å²) in [6, 6.07) is 8.40. The number of hydrogen-bond acceptors (Lipinski definition) is 4. The Kier molecular flexibility index (Phi) is 6.87. The summed E-state index contributed by atoms with van der Waals surface area (Å²) in [4.78, 5) is 12.2. The van der Waals surface area contributed by atoms with Crippen LogP contribution in [0.4, 0.5) is 0 Å². The minimum absolute atomic E-state index is 0.151. The predicted molar refractivity (Wildman–Crippen MR) is 103 cm³/mol. The van der Waals surface area contributed by atoms with Crippen molar-refractivity contribution in [2.24, 2.45) is 0 Å². The number of sulfonamides is 1. The molecule has 0 aliphatic heterocycles. The summed E-state index contributed by atoms with van der Waals surface area (Å²) >= 11 is 12.9. The van der Waals surface area contributed by atoms with Crippen LogP contribution >= 0.6 is 34.5 Å². The highest BCUT2D eigenvalue weighted by Gasteiger charge is 2.17. The summed E-state index contributed by atoms with van der Waals surface area (Å²) in [5, 5.41) is 2.75. The topological polar surface area (TPSA) is 75.3 Å². The van der Waals surface area contributed by atoms with Crippen molar-refractivity contribution in [3.05, 3.63) is 55.7 Å². The zero-order valence-corrected chi connectivity index (χ0v) is 16.8. The second-order valence-electron chi connectivity index (χ2n) is 5.72. The maximum atomic E-state index is 12.2. The minimum atomic E-state index is -3.45. The number of benzene rings is 1. The van der Waals surface area contributed by atoms with Gasteiger partial charge in [-0.2, -0.15) is 0 Å². The fourth-order valence-electron chi connectivity index (χ4n) is 2.24. The third kappa shape index (κ3) is 5.97. The van der Waals surface area contributed by atoms with Crippen molar-refractivity contribution in [2.75, 3.05) is 0 Å². The standard InChI is InChI=1S/C16H18Cl2N2O3S2/c1-10(2)20-25(22,23)9-12-6-4-3-5-11(12)8-19-16(21)13-7-14(17)24-15(13)18/h3-7,10,20H,8-9H2,1-2H3,(H,19,21). The van der Waals surface area contributed by atoms with Crippen LogP contribution in [0.15, 0.2) is 30.3 Å². The number of nitrogens with one attached hydrogen (secondary N) is 2. The highest BCUT2D eigenvalue weighted by atomic mass is 35.5. The third-order valence-corrected chi connectivity index (χ3v) is 6.23. The summed E-state index contributed by atoms with van der Waals surface area (Å²) in [5.41, 5.74) is 1.66. The Labute approximate surface area is 161 Å². The van der Waals surface area contributed by atoms with Crippen LogP contribution in [0.5, 0.6) is 0 Å². The number of halogens is 2. The molecule has 0 fully saturated rings. The van der Waals surface area contributed by atoms with Crippen LogP contribution in [0, 0.1) is 0 Å². The summed E-state index contributed by atoms with van der Waals surface area (Å²) in [5.74, 6) is -0.506. The molecule has 1 amide bonds. The molecule has 0 saturated heterocycles. The third-order valence-electron chi connectivity index (χ3n) is 3.22. The van der Waals surface area contributed by atoms with Crippen LogP contribution < -0.4 is 10.0 Å². The molecule has 1 aromatic heterocycles. The van der Waals surface area contributed by atoms with E-state index in [-0.39, 0.29) is 24.2 Å². The predicted octanol–water partition coefficient (Wildman–Crippen LogP) is 3.81. The molecule has 0 saturated carbocycles. The Bertz CT molecular complexity index is 864. The summed E-state index contributed by atoms with van der Waals surface area (Å²) in [6.45, 7) is 3.72. The van der Waals surface area contributed by atoms with Crippen molar-refractivity contribution in [2.45, 2.75) is 32.2 Å². The van der Waals surface area contributed by atoms with Crippen molar-refractivity contribution in [3.8, 4) is 0 Å². The van der Waals surface area contributed by atoms with E-state index in [2.05, 4.69) is 10.0 Å². The van der Waals surface area contributed by atoms with Gasteiger partial charge in [0.2, 0.25) is 10.0 Å². The van der Waals surface area contributed by atoms with Gasteiger partial charge in [-0.3, -0.25) is 4.79 Å². The van der Waals surface area contributed by atoms with E-state index in [9.17, 15) is 13.2 Å². The van der Waals surface area contributed by atoms with Gasteiger partial charge in [0.25, 0.3) is 5.91 Å². The molecule has 5 nitrogen and oxygen atoms in total. The first-order valence-electron chi connectivity index (χ1n) is 7.48. The van der Waals surface area contributed by atoms with Crippen molar-refractivity contribution in [1.82, 2.24) is 10.0 Å². The van der Waals surface area contributed by atoms with Crippen LogP contribution in [0.2, 0.25) is 8.67 Å². The highest BCUT2D eigenvalue weighted by molar-refractivity contribution is 7.88. The van der Waals surface area contributed by atoms with Gasteiger partial charge >= 0.3 is 0 Å². The molecule has 0 atom stereocenters. The maximum absolute atomic E-state index is 12.2. The van der Waals surface area contributed by atoms with E-state index in [0.717, 1.165) is 16.9 Å². The summed E-state index contributed by atoms with van der Waals surface area (Å²) < 4.78 is 27.6. The zero-order chi connectivity index (χ0) is 18.6. The van der Waals surface area contributed by atoms with E-state index in [1.54, 1.807) is 38.1 Å². The van der Waals surface area contributed by atoms with E-state index in [0.29, 0.717) is 19.8 Å². The van der Waals surface area contributed by atoms with E-state index in [4.69, 9.17) is 23.2 Å². The van der Waals surface area contributed by atoms with Gasteiger partial charge in [-0.05, 0) is 31.0 Å². The highest BCUT2D eigenvalue weighted by Crippen LogP contribution is 2.31. The summed E-state index contributed by atoms with van der Waals surface area (Å²) in [6.07, 6.45) is 0. The number of carbonyl (C=O) groups excluding carboxylic acids is 1. The molecule has 0 radical (unpaired) electrons. The Balaban J connectivity index is 2.10. The van der Waals surface area contributed by atoms with Crippen molar-refractivity contribution in [3.63, 3.8) is 0 Å². The van der Waals surface area contributed by atoms with Crippen LogP contribution in [0.1, 0.15) is 35.3 Å². The molecule has 0 spiro atoms. The molecule has 0 aliphatic carbocycles. The van der Waals surface area contributed by atoms with Gasteiger partial charge in [0.05, 0.1) is 15.7 Å². The molecule has 0 aliphatic rings. The van der Waals surface area contributed by atoms with Gasteiger partial charge in [0.1, 0.15) is 4.34 Å². The Morgan fingerprint density at radius 1 is 1.20 bits per heavy atom. The van der Waals surface area contributed by atoms with Crippen LogP contribution in [0.25, 0.3) is 0 Å². The molecule has 2 N–H and O–H groups in total. The van der Waals surface area contributed by atoms with E-state index < -0.39 is 10.0 Å². The van der Waals surface area contributed by atoms with E-state index in [1.807, 2.05) is 0 Å². The molecule has 2 aromatic rings. The average Bonchev–Trinajstić information content (AvgIpc) is 2.83. The van der Waals surface area contributed by atoms with Crippen molar-refractivity contribution >= 4 is 50.5 Å². The molecule has 136 valence electrons. The Morgan fingerprint density at radius 3 is 2.40 bits per heavy atom. The quantitative estimate of drug-likeness (QED) is 0.714. The molecule has 1 aromatic carbocycles. The lowest BCUT2D eigenvalue weighted by molar-refractivity contribution is 0.0951. The fraction of sp³-hybridized carbons (Fsp3) is 0.312. The molecule has 0 bridgehead atoms. The monoisotopic (exact) mass is 420 g/mol. The second-order valence-corrected chi connectivity index (χ2v) is 9.76. The molecule has 0 unspecified atom stereocenters. The van der Waals surface area contributed by atoms with Crippen LogP contribution in [-0.2, 0) is 22.3 Å². The van der Waals surface area contributed by atoms with Gasteiger partial charge < -0.3 is 5.32 Å². The molecule has 25 heavy (non-hydrogen) atoms. The zero-order valence-electron chi connectivity index (χ0n) is 13.7. The number of hydrogen-bond donors (Lipinski definition) is 2. The van der Waals surface area contributed by atoms with Crippen molar-refractivity contribution < 1.29 is 13.2 Å². The molecule has 1 heterocycles. The normalized spacial score (nSPS) is 11.7. The average molecular weight is 421 g/mol. The lowest BCUT2D eigenvalue weighted by Gasteiger charge is -2.13. The van der Waals surface area contributed by atoms with Crippen LogP contribution in [0.3, 0.4) is 0 Å². The smallest absolute Gasteiger partial charge is 0.253 e. The first kappa shape index (κ1) is 20.2. The largest absolute Gasteiger partial charge is 0.348 e. The van der Waals surface area contributed by atoms with Crippen LogP contribution in [-0.4, -0.2) is 20.4 Å². The molecule has 2 rings (SSSR count). The van der Waals surface area contributed by atoms with E-state index in [1.165, 1.54) is 6.07 Å². The Hall–Kier alpha value is -1.12. The first-order valence-corrected chi connectivity index (χ1v) is 10.7. The maximum Gasteiger partial charge on any atom is 0.253 e. The number of carbonyl (C=O) groups is 1. The molecular formula is C16H18Cl2N2O3S2.